The van der Waals surface area contributed by atoms with Gasteiger partial charge in [-0.2, -0.15) is 4.39 Å². The molecule has 0 aliphatic carbocycles. The molecule has 0 aromatic carbocycles. The molecule has 1 rings (SSSR count). The number of aromatic nitrogens is 1. The first-order valence-electron chi connectivity index (χ1n) is 2.85. The smallest absolute Gasteiger partial charge is 0.227 e. The summed E-state index contributed by atoms with van der Waals surface area (Å²) >= 11 is 5.52. The minimum atomic E-state index is -0.614. The fraction of sp³-hybridized carbons (Fsp3) is 0.143. The van der Waals surface area contributed by atoms with Gasteiger partial charge in [0.25, 0.3) is 0 Å². The predicted octanol–water partition coefficient (Wildman–Crippen LogP) is 2.45. The Kier molecular flexibility index (Phi) is 2.22. The van der Waals surface area contributed by atoms with E-state index in [4.69, 9.17) is 11.6 Å². The molecule has 0 atom stereocenters. The van der Waals surface area contributed by atoms with Crippen LogP contribution in [-0.4, -0.2) is 4.98 Å². The van der Waals surface area contributed by atoms with Gasteiger partial charge in [0.05, 0.1) is 5.02 Å². The molecular formula is C7H6ClFN. The van der Waals surface area contributed by atoms with Crippen molar-refractivity contribution in [2.24, 2.45) is 0 Å². The van der Waals surface area contributed by atoms with Crippen molar-refractivity contribution in [1.82, 2.24) is 4.98 Å². The summed E-state index contributed by atoms with van der Waals surface area (Å²) in [7, 11) is 0. The van der Waals surface area contributed by atoms with Crippen LogP contribution in [0.1, 0.15) is 12.5 Å². The van der Waals surface area contributed by atoms with Crippen molar-refractivity contribution >= 4 is 11.6 Å². The van der Waals surface area contributed by atoms with Gasteiger partial charge in [-0.15, -0.1) is 0 Å². The lowest BCUT2D eigenvalue weighted by atomic mass is 10.2. The van der Waals surface area contributed by atoms with Gasteiger partial charge in [0.1, 0.15) is 0 Å². The maximum absolute atomic E-state index is 12.5. The number of hydrogen-bond donors (Lipinski definition) is 0. The number of rotatable bonds is 1. The van der Waals surface area contributed by atoms with Crippen molar-refractivity contribution in [3.05, 3.63) is 35.2 Å². The maximum Gasteiger partial charge on any atom is 0.231 e. The van der Waals surface area contributed by atoms with Crippen LogP contribution in [0.4, 0.5) is 4.39 Å². The molecule has 0 spiro atoms. The first-order valence-corrected chi connectivity index (χ1v) is 3.23. The SMILES string of the molecule is C[CH]c1ccnc(F)c1Cl. The van der Waals surface area contributed by atoms with E-state index in [-0.39, 0.29) is 5.02 Å². The lowest BCUT2D eigenvalue weighted by molar-refractivity contribution is 0.583. The molecule has 0 fully saturated rings. The predicted molar refractivity (Wildman–Crippen MR) is 38.3 cm³/mol. The van der Waals surface area contributed by atoms with Gasteiger partial charge in [0.2, 0.25) is 5.95 Å². The second-order valence-corrected chi connectivity index (χ2v) is 2.17. The van der Waals surface area contributed by atoms with Crippen LogP contribution in [0.2, 0.25) is 5.02 Å². The molecule has 10 heavy (non-hydrogen) atoms. The minimum Gasteiger partial charge on any atom is -0.227 e. The van der Waals surface area contributed by atoms with Crippen molar-refractivity contribution in [2.45, 2.75) is 6.92 Å². The van der Waals surface area contributed by atoms with Gasteiger partial charge in [-0.3, -0.25) is 0 Å². The third-order valence-corrected chi connectivity index (χ3v) is 1.56. The highest BCUT2D eigenvalue weighted by molar-refractivity contribution is 6.31. The average molecular weight is 159 g/mol. The second kappa shape index (κ2) is 2.97. The van der Waals surface area contributed by atoms with Crippen molar-refractivity contribution in [3.63, 3.8) is 0 Å². The normalized spacial score (nSPS) is 9.90. The van der Waals surface area contributed by atoms with Crippen LogP contribution in [0.25, 0.3) is 0 Å². The Morgan fingerprint density at radius 2 is 2.40 bits per heavy atom. The van der Waals surface area contributed by atoms with Crippen LogP contribution in [0.3, 0.4) is 0 Å². The molecule has 3 heteroatoms. The van der Waals surface area contributed by atoms with E-state index >= 15 is 0 Å². The molecule has 0 aliphatic heterocycles. The summed E-state index contributed by atoms with van der Waals surface area (Å²) in [5.74, 6) is -0.614. The van der Waals surface area contributed by atoms with Crippen LogP contribution in [-0.2, 0) is 0 Å². The van der Waals surface area contributed by atoms with Gasteiger partial charge in [-0.25, -0.2) is 4.98 Å². The van der Waals surface area contributed by atoms with Crippen molar-refractivity contribution in [1.29, 1.82) is 0 Å². The molecule has 0 aliphatic rings. The van der Waals surface area contributed by atoms with Crippen molar-refractivity contribution < 1.29 is 4.39 Å². The Morgan fingerprint density at radius 1 is 1.70 bits per heavy atom. The summed E-state index contributed by atoms with van der Waals surface area (Å²) in [6.45, 7) is 1.79. The van der Waals surface area contributed by atoms with E-state index in [0.29, 0.717) is 5.56 Å². The molecule has 1 aromatic rings. The van der Waals surface area contributed by atoms with Gasteiger partial charge >= 0.3 is 0 Å². The van der Waals surface area contributed by atoms with Crippen LogP contribution < -0.4 is 0 Å². The Labute approximate surface area is 63.8 Å². The lowest BCUT2D eigenvalue weighted by Gasteiger charge is -1.97. The molecule has 1 aromatic heterocycles. The van der Waals surface area contributed by atoms with Crippen LogP contribution in [0.15, 0.2) is 12.3 Å². The Balaban J connectivity index is 3.14. The van der Waals surface area contributed by atoms with Crippen LogP contribution >= 0.6 is 11.6 Å². The average Bonchev–Trinajstić information content (AvgIpc) is 1.95. The largest absolute Gasteiger partial charge is 0.231 e. The molecular weight excluding hydrogens is 153 g/mol. The quantitative estimate of drug-likeness (QED) is 0.572. The number of halogens is 2. The number of pyridine rings is 1. The highest BCUT2D eigenvalue weighted by Crippen LogP contribution is 2.18. The fourth-order valence-corrected chi connectivity index (χ4v) is 0.876. The van der Waals surface area contributed by atoms with E-state index < -0.39 is 5.95 Å². The molecule has 53 valence electrons. The molecule has 0 N–H and O–H groups in total. The molecule has 1 heterocycles. The Morgan fingerprint density at radius 3 is 2.90 bits per heavy atom. The molecule has 1 nitrogen and oxygen atoms in total. The van der Waals surface area contributed by atoms with E-state index in [2.05, 4.69) is 4.98 Å². The molecule has 0 saturated carbocycles. The topological polar surface area (TPSA) is 12.9 Å². The fourth-order valence-electron chi connectivity index (χ4n) is 0.655. The molecule has 0 bridgehead atoms. The number of nitrogens with zero attached hydrogens (tertiary/aromatic N) is 1. The summed E-state index contributed by atoms with van der Waals surface area (Å²) in [6.07, 6.45) is 3.11. The standard InChI is InChI=1S/C7H6ClFN/c1-2-5-3-4-10-7(9)6(5)8/h2-4H,1H3. The zero-order chi connectivity index (χ0) is 7.56. The van der Waals surface area contributed by atoms with E-state index in [1.54, 1.807) is 19.4 Å². The molecule has 1 radical (unpaired) electrons. The van der Waals surface area contributed by atoms with Crippen molar-refractivity contribution in [2.75, 3.05) is 0 Å². The zero-order valence-electron chi connectivity index (χ0n) is 5.44. The monoisotopic (exact) mass is 158 g/mol. The summed E-state index contributed by atoms with van der Waals surface area (Å²) < 4.78 is 12.5. The maximum atomic E-state index is 12.5. The van der Waals surface area contributed by atoms with Gasteiger partial charge in [-0.05, 0) is 18.1 Å². The highest BCUT2D eigenvalue weighted by Gasteiger charge is 2.03. The molecule has 0 saturated heterocycles. The van der Waals surface area contributed by atoms with Crippen LogP contribution in [0.5, 0.6) is 0 Å². The first kappa shape index (κ1) is 7.48. The zero-order valence-corrected chi connectivity index (χ0v) is 6.19. The summed E-state index contributed by atoms with van der Waals surface area (Å²) in [4.78, 5) is 3.37. The van der Waals surface area contributed by atoms with E-state index in [0.717, 1.165) is 0 Å². The molecule has 0 amide bonds. The van der Waals surface area contributed by atoms with E-state index in [1.807, 2.05) is 0 Å². The van der Waals surface area contributed by atoms with Gasteiger partial charge in [0, 0.05) is 6.20 Å². The number of hydrogen-bond acceptors (Lipinski definition) is 1. The highest BCUT2D eigenvalue weighted by atomic mass is 35.5. The third kappa shape index (κ3) is 1.27. The van der Waals surface area contributed by atoms with Gasteiger partial charge in [-0.1, -0.05) is 18.5 Å². The summed E-state index contributed by atoms with van der Waals surface area (Å²) in [6, 6.07) is 1.66. The van der Waals surface area contributed by atoms with Gasteiger partial charge < -0.3 is 0 Å². The second-order valence-electron chi connectivity index (χ2n) is 1.79. The summed E-state index contributed by atoms with van der Waals surface area (Å²) in [5, 5.41) is 0.0880. The Hall–Kier alpha value is -0.630. The summed E-state index contributed by atoms with van der Waals surface area (Å²) in [5.41, 5.74) is 0.675. The van der Waals surface area contributed by atoms with Crippen LogP contribution in [0, 0.1) is 12.4 Å². The van der Waals surface area contributed by atoms with E-state index in [9.17, 15) is 4.39 Å². The Bertz CT molecular complexity index is 237. The third-order valence-electron chi connectivity index (χ3n) is 1.19. The minimum absolute atomic E-state index is 0.0880. The molecule has 0 unspecified atom stereocenters. The van der Waals surface area contributed by atoms with Crippen molar-refractivity contribution in [3.8, 4) is 0 Å². The first-order chi connectivity index (χ1) is 4.75. The van der Waals surface area contributed by atoms with E-state index in [1.165, 1.54) is 6.20 Å². The lowest BCUT2D eigenvalue weighted by Crippen LogP contribution is -1.87. The van der Waals surface area contributed by atoms with Gasteiger partial charge in [0.15, 0.2) is 0 Å².